The van der Waals surface area contributed by atoms with Gasteiger partial charge in [-0.15, -0.1) is 0 Å². The van der Waals surface area contributed by atoms with Crippen LogP contribution in [0.25, 0.3) is 16.9 Å². The molecule has 0 unspecified atom stereocenters. The van der Waals surface area contributed by atoms with Crippen molar-refractivity contribution in [2.45, 2.75) is 0 Å². The molecule has 0 atom stereocenters. The van der Waals surface area contributed by atoms with E-state index in [9.17, 15) is 4.79 Å². The molecule has 0 bridgehead atoms. The van der Waals surface area contributed by atoms with Gasteiger partial charge in [-0.1, -0.05) is 12.1 Å². The number of fused-ring (bicyclic) bond motifs is 1. The second-order valence-corrected chi connectivity index (χ2v) is 5.63. The van der Waals surface area contributed by atoms with Gasteiger partial charge in [0.15, 0.2) is 11.3 Å². The van der Waals surface area contributed by atoms with Crippen LogP contribution in [0.2, 0.25) is 0 Å². The summed E-state index contributed by atoms with van der Waals surface area (Å²) in [4.78, 5) is 22.0. The highest BCUT2D eigenvalue weighted by Crippen LogP contribution is 2.24. The number of imidazole rings is 1. The summed E-state index contributed by atoms with van der Waals surface area (Å²) >= 11 is 0. The summed E-state index contributed by atoms with van der Waals surface area (Å²) < 4.78 is 7.17. The molecule has 4 rings (SSSR count). The Hall–Kier alpha value is -2.93. The number of hydrogen-bond acceptors (Lipinski definition) is 5. The normalized spacial score (nSPS) is 14.9. The van der Waals surface area contributed by atoms with Crippen LogP contribution in [0.4, 0.5) is 5.69 Å². The lowest BCUT2D eigenvalue weighted by Gasteiger charge is -2.28. The summed E-state index contributed by atoms with van der Waals surface area (Å²) in [5, 5.41) is 0. The largest absolute Gasteiger partial charge is 0.378 e. The molecular formula is C17H17N5O2. The highest BCUT2D eigenvalue weighted by Gasteiger charge is 2.15. The van der Waals surface area contributed by atoms with E-state index in [1.54, 1.807) is 16.9 Å². The first kappa shape index (κ1) is 14.6. The number of anilines is 1. The molecule has 7 heteroatoms. The number of nitrogens with two attached hydrogens (primary N) is 1. The Labute approximate surface area is 138 Å². The number of nitrogens with zero attached hydrogens (tertiary/aromatic N) is 4. The first-order valence-corrected chi connectivity index (χ1v) is 7.79. The monoisotopic (exact) mass is 323 g/mol. The number of morpholine rings is 1. The topological polar surface area (TPSA) is 85.8 Å². The molecule has 1 aliphatic heterocycles. The number of carbonyl (C=O) groups excluding carboxylic acids is 1. The lowest BCUT2D eigenvalue weighted by Crippen LogP contribution is -2.36. The molecule has 1 saturated heterocycles. The summed E-state index contributed by atoms with van der Waals surface area (Å²) in [6.07, 6.45) is 3.24. The maximum Gasteiger partial charge on any atom is 0.271 e. The fraction of sp³-hybridized carbons (Fsp3) is 0.235. The van der Waals surface area contributed by atoms with Gasteiger partial charge in [-0.2, -0.15) is 0 Å². The van der Waals surface area contributed by atoms with Gasteiger partial charge in [0.05, 0.1) is 18.9 Å². The Morgan fingerprint density at radius 3 is 2.54 bits per heavy atom. The summed E-state index contributed by atoms with van der Waals surface area (Å²) in [5.41, 5.74) is 9.11. The van der Waals surface area contributed by atoms with Crippen LogP contribution in [0.1, 0.15) is 10.5 Å². The van der Waals surface area contributed by atoms with Gasteiger partial charge in [-0.05, 0) is 23.8 Å². The second kappa shape index (κ2) is 5.93. The van der Waals surface area contributed by atoms with Crippen LogP contribution >= 0.6 is 0 Å². The summed E-state index contributed by atoms with van der Waals surface area (Å²) in [6, 6.07) is 10.2. The molecule has 2 N–H and O–H groups in total. The van der Waals surface area contributed by atoms with Crippen molar-refractivity contribution in [3.63, 3.8) is 0 Å². The van der Waals surface area contributed by atoms with Crippen molar-refractivity contribution in [2.24, 2.45) is 5.73 Å². The smallest absolute Gasteiger partial charge is 0.271 e. The number of hydrogen-bond donors (Lipinski definition) is 1. The van der Waals surface area contributed by atoms with Crippen LogP contribution in [0.3, 0.4) is 0 Å². The first-order valence-electron chi connectivity index (χ1n) is 7.79. The van der Waals surface area contributed by atoms with Crippen molar-refractivity contribution in [3.05, 3.63) is 48.5 Å². The van der Waals surface area contributed by atoms with E-state index < -0.39 is 5.91 Å². The molecule has 24 heavy (non-hydrogen) atoms. The van der Waals surface area contributed by atoms with E-state index in [0.717, 1.165) is 37.6 Å². The first-order chi connectivity index (χ1) is 11.7. The Morgan fingerprint density at radius 2 is 1.83 bits per heavy atom. The van der Waals surface area contributed by atoms with E-state index in [2.05, 4.69) is 39.1 Å². The molecule has 1 aliphatic rings. The van der Waals surface area contributed by atoms with Gasteiger partial charge in [0.2, 0.25) is 0 Å². The fourth-order valence-electron chi connectivity index (χ4n) is 2.97. The summed E-state index contributed by atoms with van der Waals surface area (Å²) in [5.74, 6) is -0.579. The fourth-order valence-corrected chi connectivity index (χ4v) is 2.97. The quantitative estimate of drug-likeness (QED) is 0.786. The number of aromatic nitrogens is 3. The number of ether oxygens (including phenoxy) is 1. The molecule has 2 aromatic heterocycles. The minimum Gasteiger partial charge on any atom is -0.378 e. The van der Waals surface area contributed by atoms with Crippen molar-refractivity contribution in [1.29, 1.82) is 0 Å². The molecular weight excluding hydrogens is 306 g/mol. The lowest BCUT2D eigenvalue weighted by atomic mass is 10.1. The third-order valence-corrected chi connectivity index (χ3v) is 4.20. The second-order valence-electron chi connectivity index (χ2n) is 5.63. The molecule has 0 saturated carbocycles. The minimum absolute atomic E-state index is 0.182. The van der Waals surface area contributed by atoms with Gasteiger partial charge < -0.3 is 15.4 Å². The van der Waals surface area contributed by atoms with Gasteiger partial charge in [0.25, 0.3) is 5.91 Å². The molecule has 0 spiro atoms. The lowest BCUT2D eigenvalue weighted by molar-refractivity contribution is 0.0997. The summed E-state index contributed by atoms with van der Waals surface area (Å²) in [6.45, 7) is 3.33. The van der Waals surface area contributed by atoms with Gasteiger partial charge in [0.1, 0.15) is 6.33 Å². The number of carbonyl (C=O) groups is 1. The maximum atomic E-state index is 11.4. The minimum atomic E-state index is -0.579. The van der Waals surface area contributed by atoms with Crippen LogP contribution in [0.15, 0.2) is 42.9 Å². The number of rotatable bonds is 3. The Kier molecular flexibility index (Phi) is 3.62. The Morgan fingerprint density at radius 1 is 1.08 bits per heavy atom. The van der Waals surface area contributed by atoms with Crippen LogP contribution < -0.4 is 10.6 Å². The highest BCUT2D eigenvalue weighted by molar-refractivity contribution is 5.97. The molecule has 122 valence electrons. The third kappa shape index (κ3) is 2.48. The van der Waals surface area contributed by atoms with Gasteiger partial charge in [-0.3, -0.25) is 9.20 Å². The standard InChI is InChI=1S/C17H17N5O2/c18-16(23)15-17-19-6-5-14(22(17)11-20-15)12-1-3-13(4-2-12)21-7-9-24-10-8-21/h1-6,11H,7-10H2,(H2,18,23). The van der Waals surface area contributed by atoms with E-state index in [0.29, 0.717) is 5.65 Å². The predicted molar refractivity (Wildman–Crippen MR) is 90.0 cm³/mol. The number of amides is 1. The third-order valence-electron chi connectivity index (χ3n) is 4.20. The number of benzene rings is 1. The molecule has 7 nitrogen and oxygen atoms in total. The van der Waals surface area contributed by atoms with Crippen molar-refractivity contribution in [1.82, 2.24) is 14.4 Å². The van der Waals surface area contributed by atoms with Crippen molar-refractivity contribution in [2.75, 3.05) is 31.2 Å². The Balaban J connectivity index is 1.71. The van der Waals surface area contributed by atoms with E-state index in [-0.39, 0.29) is 5.69 Å². The average molecular weight is 323 g/mol. The van der Waals surface area contributed by atoms with Crippen molar-refractivity contribution >= 4 is 17.2 Å². The highest BCUT2D eigenvalue weighted by atomic mass is 16.5. The average Bonchev–Trinajstić information content (AvgIpc) is 3.07. The van der Waals surface area contributed by atoms with Gasteiger partial charge in [-0.25, -0.2) is 9.97 Å². The molecule has 1 aromatic carbocycles. The SMILES string of the molecule is NC(=O)c1ncn2c(-c3ccc(N4CCOCC4)cc3)ccnc12. The molecule has 0 radical (unpaired) electrons. The maximum absolute atomic E-state index is 11.4. The Bertz CT molecular complexity index is 882. The zero-order valence-electron chi connectivity index (χ0n) is 13.1. The van der Waals surface area contributed by atoms with Gasteiger partial charge >= 0.3 is 0 Å². The van der Waals surface area contributed by atoms with Crippen LogP contribution in [0.5, 0.6) is 0 Å². The van der Waals surface area contributed by atoms with E-state index >= 15 is 0 Å². The van der Waals surface area contributed by atoms with Crippen LogP contribution in [0, 0.1) is 0 Å². The van der Waals surface area contributed by atoms with Crippen molar-refractivity contribution < 1.29 is 9.53 Å². The number of primary amides is 1. The molecule has 3 heterocycles. The molecule has 0 aliphatic carbocycles. The van der Waals surface area contributed by atoms with E-state index in [4.69, 9.17) is 10.5 Å². The predicted octanol–water partition coefficient (Wildman–Crippen LogP) is 1.33. The molecule has 1 amide bonds. The van der Waals surface area contributed by atoms with Crippen LogP contribution in [-0.4, -0.2) is 46.6 Å². The van der Waals surface area contributed by atoms with E-state index in [1.165, 1.54) is 5.69 Å². The zero-order valence-corrected chi connectivity index (χ0v) is 13.1. The van der Waals surface area contributed by atoms with Gasteiger partial charge in [0, 0.05) is 25.0 Å². The molecule has 1 fully saturated rings. The summed E-state index contributed by atoms with van der Waals surface area (Å²) in [7, 11) is 0. The molecule has 3 aromatic rings. The van der Waals surface area contributed by atoms with Crippen LogP contribution in [-0.2, 0) is 4.74 Å². The zero-order chi connectivity index (χ0) is 16.5. The van der Waals surface area contributed by atoms with E-state index in [1.807, 2.05) is 6.07 Å². The van der Waals surface area contributed by atoms with Crippen molar-refractivity contribution in [3.8, 4) is 11.3 Å².